The van der Waals surface area contributed by atoms with Gasteiger partial charge >= 0.3 is 24.1 Å². The van der Waals surface area contributed by atoms with E-state index in [2.05, 4.69) is 20.6 Å². The number of hydrogen-bond donors (Lipinski definition) is 5. The molecule has 0 aliphatic heterocycles. The van der Waals surface area contributed by atoms with Gasteiger partial charge in [0.25, 0.3) is 0 Å². The molecule has 17 nitrogen and oxygen atoms in total. The monoisotopic (exact) mass is 853 g/mol. The molecule has 0 bridgehead atoms. The highest BCUT2D eigenvalue weighted by molar-refractivity contribution is 5.90. The van der Waals surface area contributed by atoms with Crippen LogP contribution in [0.2, 0.25) is 0 Å². The number of hydrogen-bond acceptors (Lipinski definition) is 11. The minimum Gasteiger partial charge on any atom is -0.475 e. The zero-order chi connectivity index (χ0) is 44.1. The number of aromatic nitrogens is 4. The molecule has 2 aromatic heterocycles. The number of amides is 3. The van der Waals surface area contributed by atoms with Gasteiger partial charge in [-0.3, -0.25) is 9.63 Å². The smallest absolute Gasteiger partial charge is 0.407 e. The maximum absolute atomic E-state index is 12.3. The van der Waals surface area contributed by atoms with E-state index < -0.39 is 29.4 Å². The fourth-order valence-corrected chi connectivity index (χ4v) is 5.73. The number of rotatable bonds is 15. The SMILES string of the molecule is C.C.CON(C)C(=O)c1nc(-c2ccc(C[C@@H](CCO)NC(=O)OC(C)(C)C)cc2)cn1C.Cn1cc(-c2ccc(C[C@H](CCO)NC(=O)OC(C)(C)C)cc2)nc1C(=O)O. The Kier molecular flexibility index (Phi) is 20.8. The van der Waals surface area contributed by atoms with Crippen molar-refractivity contribution in [3.8, 4) is 22.5 Å². The number of imidazole rings is 2. The first-order valence-electron chi connectivity index (χ1n) is 19.1. The summed E-state index contributed by atoms with van der Waals surface area (Å²) >= 11 is 0. The number of carboxylic acid groups (broad SMARTS) is 1. The Hall–Kier alpha value is -5.78. The van der Waals surface area contributed by atoms with Crippen LogP contribution in [-0.2, 0) is 41.2 Å². The molecule has 0 unspecified atom stereocenters. The summed E-state index contributed by atoms with van der Waals surface area (Å²) in [5.41, 5.74) is 3.68. The number of nitrogens with zero attached hydrogens (tertiary/aromatic N) is 5. The van der Waals surface area contributed by atoms with Crippen molar-refractivity contribution in [1.29, 1.82) is 0 Å². The van der Waals surface area contributed by atoms with Crippen molar-refractivity contribution in [2.24, 2.45) is 14.1 Å². The topological polar surface area (TPSA) is 220 Å². The van der Waals surface area contributed by atoms with Crippen molar-refractivity contribution in [1.82, 2.24) is 34.8 Å². The first-order chi connectivity index (χ1) is 27.6. The van der Waals surface area contributed by atoms with Crippen LogP contribution in [0, 0.1) is 0 Å². The van der Waals surface area contributed by atoms with Crippen LogP contribution in [0.1, 0.15) is 102 Å². The maximum Gasteiger partial charge on any atom is 0.407 e. The Morgan fingerprint density at radius 2 is 1.05 bits per heavy atom. The van der Waals surface area contributed by atoms with Gasteiger partial charge in [0.15, 0.2) is 0 Å². The number of ether oxygens (including phenoxy) is 2. The van der Waals surface area contributed by atoms with Gasteiger partial charge in [-0.25, -0.2) is 29.4 Å². The average Bonchev–Trinajstić information content (AvgIpc) is 3.73. The number of hydroxylamine groups is 2. The Morgan fingerprint density at radius 3 is 1.36 bits per heavy atom. The largest absolute Gasteiger partial charge is 0.475 e. The summed E-state index contributed by atoms with van der Waals surface area (Å²) in [5.74, 6) is -1.17. The molecular weight excluding hydrogens is 787 g/mol. The summed E-state index contributed by atoms with van der Waals surface area (Å²) in [6.07, 6.45) is 4.32. The molecule has 61 heavy (non-hydrogen) atoms. The second kappa shape index (κ2) is 23.9. The lowest BCUT2D eigenvalue weighted by Gasteiger charge is -2.23. The van der Waals surface area contributed by atoms with E-state index in [-0.39, 0.29) is 57.7 Å². The minimum atomic E-state index is -1.08. The van der Waals surface area contributed by atoms with Gasteiger partial charge in [0.1, 0.15) is 11.2 Å². The number of aromatic carboxylic acids is 1. The number of alkyl carbamates (subject to hydrolysis) is 2. The zero-order valence-corrected chi connectivity index (χ0v) is 35.6. The van der Waals surface area contributed by atoms with E-state index in [1.54, 1.807) is 72.6 Å². The van der Waals surface area contributed by atoms with Gasteiger partial charge in [0.05, 0.1) is 18.5 Å². The number of carbonyl (C=O) groups excluding carboxylic acids is 3. The van der Waals surface area contributed by atoms with Gasteiger partial charge in [-0.1, -0.05) is 63.4 Å². The molecule has 0 spiro atoms. The number of aryl methyl sites for hydroxylation is 2. The fraction of sp³-hybridized carbons (Fsp3) is 0.500. The molecular formula is C44H67N7O10. The van der Waals surface area contributed by atoms with E-state index in [1.807, 2.05) is 48.5 Å². The molecule has 2 heterocycles. The molecule has 3 amide bonds. The second-order valence-electron chi connectivity index (χ2n) is 15.9. The van der Waals surface area contributed by atoms with Crippen molar-refractivity contribution < 1.29 is 48.8 Å². The van der Waals surface area contributed by atoms with Crippen LogP contribution in [0.15, 0.2) is 60.9 Å². The van der Waals surface area contributed by atoms with E-state index in [4.69, 9.17) is 19.4 Å². The summed E-state index contributed by atoms with van der Waals surface area (Å²) in [6.45, 7) is 10.7. The Bertz CT molecular complexity index is 2000. The molecule has 338 valence electrons. The minimum absolute atomic E-state index is 0. The number of carbonyl (C=O) groups is 4. The number of aliphatic hydroxyl groups is 2. The molecule has 0 saturated heterocycles. The van der Waals surface area contributed by atoms with E-state index in [0.29, 0.717) is 37.1 Å². The van der Waals surface area contributed by atoms with Crippen molar-refractivity contribution >= 4 is 24.1 Å². The van der Waals surface area contributed by atoms with E-state index in [9.17, 15) is 29.4 Å². The van der Waals surface area contributed by atoms with Crippen LogP contribution < -0.4 is 10.6 Å². The highest BCUT2D eigenvalue weighted by atomic mass is 16.7. The van der Waals surface area contributed by atoms with Crippen LogP contribution in [0.5, 0.6) is 0 Å². The summed E-state index contributed by atoms with van der Waals surface area (Å²) in [7, 11) is 6.33. The lowest BCUT2D eigenvalue weighted by atomic mass is 10.0. The molecule has 0 aliphatic carbocycles. The molecule has 0 saturated carbocycles. The fourth-order valence-electron chi connectivity index (χ4n) is 5.73. The van der Waals surface area contributed by atoms with Crippen molar-refractivity contribution in [2.45, 2.75) is 105 Å². The van der Waals surface area contributed by atoms with Crippen molar-refractivity contribution in [2.75, 3.05) is 27.4 Å². The number of nitrogens with one attached hydrogen (secondary N) is 2. The zero-order valence-electron chi connectivity index (χ0n) is 35.6. The highest BCUT2D eigenvalue weighted by Gasteiger charge is 2.22. The standard InChI is InChI=1S/C22H32N4O5.C20H27N3O5.2CH4/c1-22(2,3)31-21(29)23-17(11-12-27)13-15-7-9-16(10-8-15)18-14-25(4)19(24-18)20(28)26(5)30-6;1-20(2,3)28-19(27)21-15(9-10-24)11-13-5-7-14(8-6-13)16-12-23(4)17(22-16)18(25)26;;/h7-10,14,17,27H,11-13H2,1-6H3,(H,23,29);5-8,12,15,24H,9-11H2,1-4H3,(H,21,27)(H,25,26);2*1H4/t17-;15-;;/m10../s1. The molecule has 4 rings (SSSR count). The Morgan fingerprint density at radius 1 is 0.689 bits per heavy atom. The molecule has 5 N–H and O–H groups in total. The summed E-state index contributed by atoms with van der Waals surface area (Å²) < 4.78 is 13.7. The Balaban J connectivity index is 0.000000593. The molecule has 0 aliphatic rings. The molecule has 4 aromatic rings. The summed E-state index contributed by atoms with van der Waals surface area (Å²) in [4.78, 5) is 61.0. The first-order valence-corrected chi connectivity index (χ1v) is 19.1. The number of aliphatic hydroxyl groups excluding tert-OH is 2. The molecule has 17 heteroatoms. The average molecular weight is 854 g/mol. The predicted octanol–water partition coefficient (Wildman–Crippen LogP) is 6.41. The lowest BCUT2D eigenvalue weighted by molar-refractivity contribution is -0.0766. The lowest BCUT2D eigenvalue weighted by Crippen LogP contribution is -2.40. The molecule has 0 fully saturated rings. The third-order valence-corrected chi connectivity index (χ3v) is 8.56. The summed E-state index contributed by atoms with van der Waals surface area (Å²) in [6, 6.07) is 14.7. The van der Waals surface area contributed by atoms with Gasteiger partial charge in [-0.05, 0) is 78.4 Å². The summed E-state index contributed by atoms with van der Waals surface area (Å²) in [5, 5.41) is 34.5. The van der Waals surface area contributed by atoms with Gasteiger partial charge in [0.2, 0.25) is 11.6 Å². The van der Waals surface area contributed by atoms with Gasteiger partial charge in [-0.15, -0.1) is 0 Å². The van der Waals surface area contributed by atoms with E-state index in [1.165, 1.54) is 18.7 Å². The van der Waals surface area contributed by atoms with E-state index in [0.717, 1.165) is 27.3 Å². The molecule has 0 radical (unpaired) electrons. The van der Waals surface area contributed by atoms with Crippen LogP contribution in [0.3, 0.4) is 0 Å². The third-order valence-electron chi connectivity index (χ3n) is 8.56. The number of benzene rings is 2. The number of carboxylic acids is 1. The first kappa shape index (κ1) is 53.2. The van der Waals surface area contributed by atoms with Gasteiger partial charge in [0, 0.05) is 70.0 Å². The molecule has 2 aromatic carbocycles. The normalized spacial score (nSPS) is 12.0. The quantitative estimate of drug-likeness (QED) is 0.0819. The van der Waals surface area contributed by atoms with Crippen LogP contribution >= 0.6 is 0 Å². The third kappa shape index (κ3) is 17.4. The molecule has 2 atom stereocenters. The Labute approximate surface area is 360 Å². The maximum atomic E-state index is 12.3. The van der Waals surface area contributed by atoms with Gasteiger partial charge < -0.3 is 44.6 Å². The van der Waals surface area contributed by atoms with Gasteiger partial charge in [-0.2, -0.15) is 0 Å². The van der Waals surface area contributed by atoms with Crippen LogP contribution in [-0.4, -0.2) is 114 Å². The van der Waals surface area contributed by atoms with E-state index >= 15 is 0 Å². The predicted molar refractivity (Wildman–Crippen MR) is 234 cm³/mol. The highest BCUT2D eigenvalue weighted by Crippen LogP contribution is 2.22. The van der Waals surface area contributed by atoms with Crippen molar-refractivity contribution in [3.05, 3.63) is 83.7 Å². The van der Waals surface area contributed by atoms with Crippen LogP contribution in [0.4, 0.5) is 9.59 Å². The van der Waals surface area contributed by atoms with Crippen molar-refractivity contribution in [3.63, 3.8) is 0 Å². The second-order valence-corrected chi connectivity index (χ2v) is 15.9. The van der Waals surface area contributed by atoms with Crippen LogP contribution in [0.25, 0.3) is 22.5 Å².